The van der Waals surface area contributed by atoms with Gasteiger partial charge in [0, 0.05) is 0 Å². The first-order valence-corrected chi connectivity index (χ1v) is 2.95. The predicted octanol–water partition coefficient (Wildman–Crippen LogP) is -1.30. The summed E-state index contributed by atoms with van der Waals surface area (Å²) >= 11 is 0. The Morgan fingerprint density at radius 3 is 1.90 bits per heavy atom. The molecular weight excluding hydrogens is 138 g/mol. The number of aliphatic hydroxyl groups is 2. The highest BCUT2D eigenvalue weighted by Crippen LogP contribution is 2.08. The normalized spacial score (nSPS) is 32.8. The first-order chi connectivity index (χ1) is 4.61. The largest absolute Gasteiger partial charge is 0.465 e. The molecule has 3 N–H and O–H groups in total. The Kier molecular flexibility index (Phi) is 1.78. The third-order valence-corrected chi connectivity index (χ3v) is 1.53. The van der Waals surface area contributed by atoms with E-state index in [0.717, 1.165) is 4.90 Å². The number of rotatable bonds is 0. The monoisotopic (exact) mass is 147 g/mol. The van der Waals surface area contributed by atoms with Gasteiger partial charge in [-0.05, 0) is 0 Å². The standard InChI is InChI=1S/C5H9NO4/c7-3-1-6(5(9)10)2-4(3)8/h3-4,7-8H,1-2H2,(H,9,10). The van der Waals surface area contributed by atoms with Gasteiger partial charge in [-0.3, -0.25) is 0 Å². The molecule has 58 valence electrons. The van der Waals surface area contributed by atoms with Crippen molar-refractivity contribution in [3.8, 4) is 0 Å². The Labute approximate surface area is 57.5 Å². The van der Waals surface area contributed by atoms with Crippen LogP contribution in [0.25, 0.3) is 0 Å². The van der Waals surface area contributed by atoms with E-state index in [0.29, 0.717) is 0 Å². The number of aliphatic hydroxyl groups excluding tert-OH is 2. The summed E-state index contributed by atoms with van der Waals surface area (Å²) in [6.45, 7) is 0.0208. The van der Waals surface area contributed by atoms with Crippen LogP contribution < -0.4 is 0 Å². The maximum absolute atomic E-state index is 10.2. The average Bonchev–Trinajstić information content (AvgIpc) is 2.13. The van der Waals surface area contributed by atoms with Crippen LogP contribution in [0.2, 0.25) is 0 Å². The first-order valence-electron chi connectivity index (χ1n) is 2.95. The molecule has 0 radical (unpaired) electrons. The molecule has 0 aromatic carbocycles. The molecule has 1 saturated heterocycles. The van der Waals surface area contributed by atoms with Crippen molar-refractivity contribution in [1.29, 1.82) is 0 Å². The Morgan fingerprint density at radius 2 is 1.70 bits per heavy atom. The highest BCUT2D eigenvalue weighted by Gasteiger charge is 2.32. The third kappa shape index (κ3) is 1.19. The highest BCUT2D eigenvalue weighted by molar-refractivity contribution is 5.65. The van der Waals surface area contributed by atoms with Crippen molar-refractivity contribution in [1.82, 2.24) is 4.90 Å². The van der Waals surface area contributed by atoms with Crippen LogP contribution in [-0.4, -0.2) is 51.6 Å². The summed E-state index contributed by atoms with van der Waals surface area (Å²) in [5, 5.41) is 26.1. The van der Waals surface area contributed by atoms with Crippen LogP contribution in [0.1, 0.15) is 0 Å². The molecule has 1 aliphatic rings. The lowest BCUT2D eigenvalue weighted by molar-refractivity contribution is 0.0572. The van der Waals surface area contributed by atoms with Crippen LogP contribution >= 0.6 is 0 Å². The molecule has 0 bridgehead atoms. The molecule has 2 unspecified atom stereocenters. The van der Waals surface area contributed by atoms with Gasteiger partial charge in [0.2, 0.25) is 0 Å². The van der Waals surface area contributed by atoms with Crippen molar-refractivity contribution in [2.75, 3.05) is 13.1 Å². The van der Waals surface area contributed by atoms with E-state index in [-0.39, 0.29) is 13.1 Å². The molecule has 1 fully saturated rings. The van der Waals surface area contributed by atoms with Gasteiger partial charge in [-0.1, -0.05) is 0 Å². The van der Waals surface area contributed by atoms with Gasteiger partial charge in [0.25, 0.3) is 0 Å². The number of amides is 1. The lowest BCUT2D eigenvalue weighted by Gasteiger charge is -2.08. The Morgan fingerprint density at radius 1 is 1.30 bits per heavy atom. The quantitative estimate of drug-likeness (QED) is 0.398. The maximum atomic E-state index is 10.2. The van der Waals surface area contributed by atoms with E-state index < -0.39 is 18.3 Å². The van der Waals surface area contributed by atoms with Gasteiger partial charge in [0.05, 0.1) is 25.3 Å². The number of carbonyl (C=O) groups is 1. The van der Waals surface area contributed by atoms with Crippen molar-refractivity contribution in [2.24, 2.45) is 0 Å². The van der Waals surface area contributed by atoms with E-state index in [1.165, 1.54) is 0 Å². The number of carboxylic acid groups (broad SMARTS) is 1. The van der Waals surface area contributed by atoms with Gasteiger partial charge in [-0.2, -0.15) is 0 Å². The topological polar surface area (TPSA) is 81.0 Å². The lowest BCUT2D eigenvalue weighted by Crippen LogP contribution is -2.27. The predicted molar refractivity (Wildman–Crippen MR) is 31.6 cm³/mol. The van der Waals surface area contributed by atoms with Crippen molar-refractivity contribution in [3.63, 3.8) is 0 Å². The van der Waals surface area contributed by atoms with E-state index in [2.05, 4.69) is 0 Å². The smallest absolute Gasteiger partial charge is 0.407 e. The SMILES string of the molecule is O=C(O)N1CC(O)C(O)C1. The molecule has 1 aliphatic heterocycles. The second-order valence-corrected chi connectivity index (χ2v) is 2.32. The van der Waals surface area contributed by atoms with Gasteiger partial charge >= 0.3 is 6.09 Å². The molecule has 0 spiro atoms. The summed E-state index contributed by atoms with van der Waals surface area (Å²) in [6.07, 6.45) is -2.94. The molecule has 0 aromatic rings. The fourth-order valence-corrected chi connectivity index (χ4v) is 0.926. The number of likely N-dealkylation sites (tertiary alicyclic amines) is 1. The second kappa shape index (κ2) is 2.43. The molecular formula is C5H9NO4. The number of hydrogen-bond acceptors (Lipinski definition) is 3. The van der Waals surface area contributed by atoms with Crippen molar-refractivity contribution >= 4 is 6.09 Å². The molecule has 2 atom stereocenters. The van der Waals surface area contributed by atoms with Crippen LogP contribution in [0.5, 0.6) is 0 Å². The van der Waals surface area contributed by atoms with E-state index in [1.807, 2.05) is 0 Å². The average molecular weight is 147 g/mol. The van der Waals surface area contributed by atoms with E-state index in [4.69, 9.17) is 15.3 Å². The molecule has 1 rings (SSSR count). The minimum Gasteiger partial charge on any atom is -0.465 e. The third-order valence-electron chi connectivity index (χ3n) is 1.53. The van der Waals surface area contributed by atoms with Crippen LogP contribution in [-0.2, 0) is 0 Å². The fraction of sp³-hybridized carbons (Fsp3) is 0.800. The van der Waals surface area contributed by atoms with Crippen LogP contribution in [0.15, 0.2) is 0 Å². The number of hydrogen-bond donors (Lipinski definition) is 3. The lowest BCUT2D eigenvalue weighted by atomic mass is 10.3. The Hall–Kier alpha value is -0.810. The summed E-state index contributed by atoms with van der Waals surface area (Å²) < 4.78 is 0. The second-order valence-electron chi connectivity index (χ2n) is 2.32. The molecule has 1 amide bonds. The van der Waals surface area contributed by atoms with Crippen LogP contribution in [0.4, 0.5) is 4.79 Å². The minimum atomic E-state index is -1.10. The molecule has 10 heavy (non-hydrogen) atoms. The molecule has 0 aromatic heterocycles. The van der Waals surface area contributed by atoms with Crippen molar-refractivity contribution in [3.05, 3.63) is 0 Å². The number of nitrogens with zero attached hydrogens (tertiary/aromatic N) is 1. The Balaban J connectivity index is 2.49. The van der Waals surface area contributed by atoms with E-state index in [1.54, 1.807) is 0 Å². The summed E-state index contributed by atoms with van der Waals surface area (Å²) in [6, 6.07) is 0. The minimum absolute atomic E-state index is 0.0104. The maximum Gasteiger partial charge on any atom is 0.407 e. The van der Waals surface area contributed by atoms with Crippen LogP contribution in [0, 0.1) is 0 Å². The van der Waals surface area contributed by atoms with Crippen molar-refractivity contribution < 1.29 is 20.1 Å². The van der Waals surface area contributed by atoms with Gasteiger partial charge in [0.1, 0.15) is 0 Å². The molecule has 1 heterocycles. The molecule has 0 aliphatic carbocycles. The van der Waals surface area contributed by atoms with Gasteiger partial charge in [0.15, 0.2) is 0 Å². The zero-order valence-electron chi connectivity index (χ0n) is 5.27. The molecule has 5 heteroatoms. The Bertz CT molecular complexity index is 139. The molecule has 0 saturated carbocycles. The zero-order chi connectivity index (χ0) is 7.72. The van der Waals surface area contributed by atoms with Crippen molar-refractivity contribution in [2.45, 2.75) is 12.2 Å². The first kappa shape index (κ1) is 7.30. The van der Waals surface area contributed by atoms with E-state index >= 15 is 0 Å². The summed E-state index contributed by atoms with van der Waals surface area (Å²) in [4.78, 5) is 11.2. The van der Waals surface area contributed by atoms with Gasteiger partial charge in [-0.15, -0.1) is 0 Å². The highest BCUT2D eigenvalue weighted by atomic mass is 16.4. The summed E-state index contributed by atoms with van der Waals surface area (Å²) in [7, 11) is 0. The summed E-state index contributed by atoms with van der Waals surface area (Å²) in [5.41, 5.74) is 0. The van der Waals surface area contributed by atoms with Gasteiger partial charge in [-0.25, -0.2) is 4.79 Å². The molecule has 5 nitrogen and oxygen atoms in total. The fourth-order valence-electron chi connectivity index (χ4n) is 0.926. The summed E-state index contributed by atoms with van der Waals surface area (Å²) in [5.74, 6) is 0. The van der Waals surface area contributed by atoms with Gasteiger partial charge < -0.3 is 20.2 Å². The van der Waals surface area contributed by atoms with E-state index in [9.17, 15) is 4.79 Å². The zero-order valence-corrected chi connectivity index (χ0v) is 5.27. The van der Waals surface area contributed by atoms with Crippen LogP contribution in [0.3, 0.4) is 0 Å². The number of β-amino-alcohol motifs (C(OH)–C–C–N with tert-alkyl or cyclic N) is 2.